The molecule has 28 heavy (non-hydrogen) atoms. The molecule has 1 unspecified atom stereocenters. The van der Waals surface area contributed by atoms with E-state index in [1.807, 2.05) is 0 Å². The highest BCUT2D eigenvalue weighted by Gasteiger charge is 2.26. The molecule has 0 aromatic heterocycles. The smallest absolute Gasteiger partial charge is 0.190 e. The molecule has 1 atom stereocenters. The Labute approximate surface area is 187 Å². The summed E-state index contributed by atoms with van der Waals surface area (Å²) in [7, 11) is -1.62. The second kappa shape index (κ2) is 20.9. The number of unbranched alkanes of at least 4 members (excludes halogenated alkanes) is 12. The molecule has 0 saturated heterocycles. The van der Waals surface area contributed by atoms with Gasteiger partial charge < -0.3 is 9.16 Å². The molecule has 0 saturated carbocycles. The number of hydrogen-bond donors (Lipinski definition) is 0. The molecule has 2 nitrogen and oxygen atoms in total. The molecule has 0 spiro atoms. The van der Waals surface area contributed by atoms with Gasteiger partial charge in [-0.2, -0.15) is 0 Å². The van der Waals surface area contributed by atoms with E-state index in [4.69, 9.17) is 9.16 Å². The van der Waals surface area contributed by atoms with Gasteiger partial charge in [0.05, 0.1) is 0 Å². The Balaban J connectivity index is 4.17. The third-order valence-electron chi connectivity index (χ3n) is 5.46. The van der Waals surface area contributed by atoms with Gasteiger partial charge in [-0.1, -0.05) is 107 Å². The number of ether oxygens (including phenoxy) is 1. The van der Waals surface area contributed by atoms with Crippen molar-refractivity contribution in [1.82, 2.24) is 0 Å². The van der Waals surface area contributed by atoms with Crippen LogP contribution in [-0.4, -0.2) is 26.5 Å². The van der Waals surface area contributed by atoms with Crippen LogP contribution in [0.5, 0.6) is 0 Å². The minimum absolute atomic E-state index is 0.0413. The quantitative estimate of drug-likeness (QED) is 0.0667. The predicted octanol–water partition coefficient (Wildman–Crippen LogP) is 9.23. The molecular formula is C24H51BrO2Si. The summed E-state index contributed by atoms with van der Waals surface area (Å²) in [6.07, 6.45) is 20.9. The summed E-state index contributed by atoms with van der Waals surface area (Å²) in [6, 6.07) is 1.28. The van der Waals surface area contributed by atoms with Gasteiger partial charge >= 0.3 is 0 Å². The summed E-state index contributed by atoms with van der Waals surface area (Å²) < 4.78 is 12.8. The fourth-order valence-corrected chi connectivity index (χ4v) is 6.11. The predicted molar refractivity (Wildman–Crippen MR) is 132 cm³/mol. The van der Waals surface area contributed by atoms with Crippen LogP contribution in [0.15, 0.2) is 0 Å². The van der Waals surface area contributed by atoms with E-state index in [9.17, 15) is 0 Å². The third-order valence-corrected chi connectivity index (χ3v) is 8.48. The van der Waals surface area contributed by atoms with Crippen LogP contribution in [0.25, 0.3) is 0 Å². The zero-order valence-corrected chi connectivity index (χ0v) is 22.3. The molecule has 0 aliphatic carbocycles. The second-order valence-electron chi connectivity index (χ2n) is 9.00. The van der Waals surface area contributed by atoms with Crippen molar-refractivity contribution in [3.05, 3.63) is 0 Å². The van der Waals surface area contributed by atoms with Crippen molar-refractivity contribution in [2.75, 3.05) is 11.9 Å². The summed E-state index contributed by atoms with van der Waals surface area (Å²) in [5.74, 6) is 0. The normalized spacial score (nSPS) is 13.2. The van der Waals surface area contributed by atoms with Gasteiger partial charge in [0.15, 0.2) is 8.32 Å². The Morgan fingerprint density at radius 2 is 1.21 bits per heavy atom. The molecule has 0 bridgehead atoms. The molecule has 0 aromatic carbocycles. The van der Waals surface area contributed by atoms with Gasteiger partial charge in [0.1, 0.15) is 6.29 Å². The standard InChI is InChI=1S/C24H51BrO2Si/c1-5-7-9-11-15-19-23-28(3,4)27-24(20-16-12-10-8-6-2)26-22-18-14-13-17-21-25/h24H,5-23H2,1-4H3. The molecule has 0 rings (SSSR count). The van der Waals surface area contributed by atoms with Gasteiger partial charge in [-0.15, -0.1) is 0 Å². The Morgan fingerprint density at radius 3 is 1.86 bits per heavy atom. The van der Waals surface area contributed by atoms with Crippen molar-refractivity contribution >= 4 is 24.2 Å². The second-order valence-corrected chi connectivity index (χ2v) is 14.0. The van der Waals surface area contributed by atoms with Crippen LogP contribution in [0.3, 0.4) is 0 Å². The fraction of sp³-hybridized carbons (Fsp3) is 1.00. The third kappa shape index (κ3) is 19.9. The van der Waals surface area contributed by atoms with E-state index in [1.54, 1.807) is 0 Å². The number of halogens is 1. The maximum Gasteiger partial charge on any atom is 0.190 e. The van der Waals surface area contributed by atoms with Gasteiger partial charge in [0, 0.05) is 11.9 Å². The summed E-state index contributed by atoms with van der Waals surface area (Å²) in [6.45, 7) is 10.2. The van der Waals surface area contributed by atoms with Crippen LogP contribution < -0.4 is 0 Å². The van der Waals surface area contributed by atoms with Crippen LogP contribution in [0, 0.1) is 0 Å². The lowest BCUT2D eigenvalue weighted by molar-refractivity contribution is -0.0926. The highest BCUT2D eigenvalue weighted by atomic mass is 79.9. The highest BCUT2D eigenvalue weighted by molar-refractivity contribution is 9.09. The van der Waals surface area contributed by atoms with Crippen molar-refractivity contribution in [2.24, 2.45) is 0 Å². The molecule has 0 heterocycles. The van der Waals surface area contributed by atoms with Crippen molar-refractivity contribution in [1.29, 1.82) is 0 Å². The Hall–Kier alpha value is 0.617. The lowest BCUT2D eigenvalue weighted by atomic mass is 10.1. The molecular weight excluding hydrogens is 428 g/mol. The zero-order chi connectivity index (χ0) is 20.9. The van der Waals surface area contributed by atoms with Gasteiger partial charge in [-0.25, -0.2) is 0 Å². The topological polar surface area (TPSA) is 18.5 Å². The fourth-order valence-electron chi connectivity index (χ4n) is 3.60. The first-order valence-corrected chi connectivity index (χ1v) is 16.6. The molecule has 0 aromatic rings. The molecule has 0 fully saturated rings. The summed E-state index contributed by atoms with van der Waals surface area (Å²) >= 11 is 3.51. The highest BCUT2D eigenvalue weighted by Crippen LogP contribution is 2.22. The molecule has 170 valence electrons. The maximum atomic E-state index is 6.61. The molecule has 0 radical (unpaired) electrons. The summed E-state index contributed by atoms with van der Waals surface area (Å²) in [5.41, 5.74) is 0. The lowest BCUT2D eigenvalue weighted by Crippen LogP contribution is -2.36. The Bertz CT molecular complexity index is 313. The van der Waals surface area contributed by atoms with Crippen molar-refractivity contribution in [3.8, 4) is 0 Å². The first-order chi connectivity index (χ1) is 13.6. The van der Waals surface area contributed by atoms with Crippen LogP contribution in [0.4, 0.5) is 0 Å². The maximum absolute atomic E-state index is 6.61. The van der Waals surface area contributed by atoms with Crippen LogP contribution >= 0.6 is 15.9 Å². The van der Waals surface area contributed by atoms with Gasteiger partial charge in [0.25, 0.3) is 0 Å². The monoisotopic (exact) mass is 478 g/mol. The van der Waals surface area contributed by atoms with Crippen molar-refractivity contribution < 1.29 is 9.16 Å². The largest absolute Gasteiger partial charge is 0.393 e. The van der Waals surface area contributed by atoms with Crippen LogP contribution in [0.1, 0.15) is 117 Å². The number of alkyl halides is 1. The average Bonchev–Trinajstić information content (AvgIpc) is 2.66. The van der Waals surface area contributed by atoms with Crippen molar-refractivity contribution in [3.63, 3.8) is 0 Å². The van der Waals surface area contributed by atoms with Gasteiger partial charge in [0.2, 0.25) is 0 Å². The molecule has 0 aliphatic heterocycles. The van der Waals surface area contributed by atoms with E-state index in [0.717, 1.165) is 18.4 Å². The minimum atomic E-state index is -1.62. The van der Waals surface area contributed by atoms with E-state index < -0.39 is 8.32 Å². The Morgan fingerprint density at radius 1 is 0.679 bits per heavy atom. The van der Waals surface area contributed by atoms with Crippen LogP contribution in [-0.2, 0) is 9.16 Å². The van der Waals surface area contributed by atoms with E-state index in [0.29, 0.717) is 0 Å². The van der Waals surface area contributed by atoms with Gasteiger partial charge in [-0.3, -0.25) is 0 Å². The van der Waals surface area contributed by atoms with E-state index in [-0.39, 0.29) is 6.29 Å². The first kappa shape index (κ1) is 28.6. The number of rotatable bonds is 22. The lowest BCUT2D eigenvalue weighted by Gasteiger charge is -2.29. The SMILES string of the molecule is CCCCCCCC[Si](C)(C)OC(CCCCCCC)OCCCCCCBr. The summed E-state index contributed by atoms with van der Waals surface area (Å²) in [4.78, 5) is 0. The molecule has 0 amide bonds. The zero-order valence-electron chi connectivity index (χ0n) is 19.7. The summed E-state index contributed by atoms with van der Waals surface area (Å²) in [5, 5.41) is 1.12. The van der Waals surface area contributed by atoms with Gasteiger partial charge in [-0.05, 0) is 44.8 Å². The van der Waals surface area contributed by atoms with E-state index in [1.165, 1.54) is 102 Å². The van der Waals surface area contributed by atoms with Crippen LogP contribution in [0.2, 0.25) is 19.1 Å². The molecule has 4 heteroatoms. The van der Waals surface area contributed by atoms with E-state index in [2.05, 4.69) is 42.9 Å². The minimum Gasteiger partial charge on any atom is -0.393 e. The molecule has 0 aliphatic rings. The average molecular weight is 480 g/mol. The van der Waals surface area contributed by atoms with E-state index >= 15 is 0 Å². The van der Waals surface area contributed by atoms with Crippen molar-refractivity contribution in [2.45, 2.75) is 142 Å². The number of hydrogen-bond acceptors (Lipinski definition) is 2. The first-order valence-electron chi connectivity index (χ1n) is 12.4. The molecule has 0 N–H and O–H groups in total. The Kier molecular flexibility index (Phi) is 21.3.